The van der Waals surface area contributed by atoms with Gasteiger partial charge in [0, 0.05) is 12.2 Å². The first-order valence-electron chi connectivity index (χ1n) is 4.85. The minimum absolute atomic E-state index is 0.590. The molecule has 2 aromatic heterocycles. The van der Waals surface area contributed by atoms with E-state index in [2.05, 4.69) is 28.6 Å². The lowest BCUT2D eigenvalue weighted by Crippen LogP contribution is -2.02. The lowest BCUT2D eigenvalue weighted by molar-refractivity contribution is 0.767. The molecule has 1 aliphatic rings. The third-order valence-electron chi connectivity index (χ3n) is 2.77. The molecule has 2 N–H and O–H groups in total. The second-order valence-electron chi connectivity index (χ2n) is 3.91. The number of nitrogen functional groups attached to an aromatic ring is 1. The molecule has 2 aromatic rings. The maximum atomic E-state index is 5.83. The number of rotatable bonds is 1. The van der Waals surface area contributed by atoms with Crippen LogP contribution in [0, 0.1) is 0 Å². The first kappa shape index (κ1) is 7.85. The van der Waals surface area contributed by atoms with Gasteiger partial charge in [-0.2, -0.15) is 0 Å². The zero-order valence-electron chi connectivity index (χ0n) is 8.07. The minimum atomic E-state index is 0.590. The van der Waals surface area contributed by atoms with Crippen molar-refractivity contribution in [3.05, 3.63) is 12.5 Å². The van der Waals surface area contributed by atoms with E-state index >= 15 is 0 Å². The molecule has 0 aromatic carbocycles. The average Bonchev–Trinajstić information content (AvgIpc) is 2.93. The van der Waals surface area contributed by atoms with Crippen molar-refractivity contribution in [2.45, 2.75) is 18.9 Å². The predicted molar refractivity (Wildman–Crippen MR) is 58.4 cm³/mol. The highest BCUT2D eigenvalue weighted by atomic mass is 15.1. The fraction of sp³-hybridized carbons (Fsp3) is 0.333. The van der Waals surface area contributed by atoms with Gasteiger partial charge in [-0.1, -0.05) is 5.46 Å². The summed E-state index contributed by atoms with van der Waals surface area (Å²) in [6.45, 7) is 0. The fourth-order valence-corrected chi connectivity index (χ4v) is 1.93. The van der Waals surface area contributed by atoms with Gasteiger partial charge in [0.25, 0.3) is 0 Å². The third-order valence-corrected chi connectivity index (χ3v) is 2.77. The molecule has 0 amide bonds. The Hall–Kier alpha value is -1.52. The van der Waals surface area contributed by atoms with Crippen molar-refractivity contribution in [2.24, 2.45) is 0 Å². The van der Waals surface area contributed by atoms with Crippen molar-refractivity contribution in [2.75, 3.05) is 5.73 Å². The summed E-state index contributed by atoms with van der Waals surface area (Å²) in [4.78, 5) is 8.31. The SMILES string of the molecule is Bc1cn(C2CC2)c2ncnc(N)c12. The van der Waals surface area contributed by atoms with Gasteiger partial charge in [0.15, 0.2) is 0 Å². The second-order valence-corrected chi connectivity index (χ2v) is 3.91. The molecule has 2 heterocycles. The third kappa shape index (κ3) is 0.952. The van der Waals surface area contributed by atoms with Crippen LogP contribution in [0.5, 0.6) is 0 Å². The minimum Gasteiger partial charge on any atom is -0.383 e. The van der Waals surface area contributed by atoms with Crippen LogP contribution in [0.3, 0.4) is 0 Å². The monoisotopic (exact) mass is 186 g/mol. The highest BCUT2D eigenvalue weighted by molar-refractivity contribution is 6.39. The summed E-state index contributed by atoms with van der Waals surface area (Å²) >= 11 is 0. The summed E-state index contributed by atoms with van der Waals surface area (Å²) in [6, 6.07) is 0.639. The molecule has 0 radical (unpaired) electrons. The molecule has 1 fully saturated rings. The number of nitrogens with zero attached hydrogens (tertiary/aromatic N) is 3. The van der Waals surface area contributed by atoms with Crippen LogP contribution < -0.4 is 11.2 Å². The Labute approximate surface area is 82.6 Å². The van der Waals surface area contributed by atoms with E-state index in [1.807, 2.05) is 0 Å². The molecule has 0 atom stereocenters. The van der Waals surface area contributed by atoms with E-state index in [0.717, 1.165) is 11.0 Å². The molecule has 0 saturated heterocycles. The molecule has 1 saturated carbocycles. The lowest BCUT2D eigenvalue weighted by atomic mass is 9.97. The highest BCUT2D eigenvalue weighted by Gasteiger charge is 2.26. The van der Waals surface area contributed by atoms with Gasteiger partial charge in [-0.05, 0) is 12.8 Å². The van der Waals surface area contributed by atoms with Crippen LogP contribution >= 0.6 is 0 Å². The molecule has 70 valence electrons. The van der Waals surface area contributed by atoms with Gasteiger partial charge in [-0.15, -0.1) is 0 Å². The van der Waals surface area contributed by atoms with Gasteiger partial charge in [0.2, 0.25) is 0 Å². The van der Waals surface area contributed by atoms with Crippen molar-refractivity contribution in [3.63, 3.8) is 0 Å². The molecule has 4 nitrogen and oxygen atoms in total. The average molecular weight is 186 g/mol. The van der Waals surface area contributed by atoms with Gasteiger partial charge < -0.3 is 10.3 Å². The Kier molecular flexibility index (Phi) is 1.40. The van der Waals surface area contributed by atoms with Crippen LogP contribution in [0.4, 0.5) is 5.82 Å². The van der Waals surface area contributed by atoms with Crippen molar-refractivity contribution in [1.82, 2.24) is 14.5 Å². The molecule has 0 aliphatic heterocycles. The van der Waals surface area contributed by atoms with Crippen LogP contribution in [-0.4, -0.2) is 22.4 Å². The molecule has 0 spiro atoms. The first-order chi connectivity index (χ1) is 6.77. The van der Waals surface area contributed by atoms with Crippen LogP contribution in [0.15, 0.2) is 12.5 Å². The predicted octanol–water partition coefficient (Wildman–Crippen LogP) is -0.393. The molecule has 5 heteroatoms. The maximum absolute atomic E-state index is 5.83. The Bertz CT molecular complexity index is 501. The fourth-order valence-electron chi connectivity index (χ4n) is 1.93. The van der Waals surface area contributed by atoms with Crippen LogP contribution in [0.25, 0.3) is 11.0 Å². The molecular formula is C9H11BN4. The van der Waals surface area contributed by atoms with Gasteiger partial charge in [-0.3, -0.25) is 0 Å². The number of hydrogen-bond acceptors (Lipinski definition) is 3. The van der Waals surface area contributed by atoms with Crippen LogP contribution in [0.2, 0.25) is 0 Å². The van der Waals surface area contributed by atoms with E-state index in [9.17, 15) is 0 Å². The van der Waals surface area contributed by atoms with Gasteiger partial charge in [0.1, 0.15) is 25.6 Å². The van der Waals surface area contributed by atoms with E-state index in [1.54, 1.807) is 0 Å². The zero-order valence-corrected chi connectivity index (χ0v) is 8.07. The Morgan fingerprint density at radius 2 is 2.21 bits per heavy atom. The van der Waals surface area contributed by atoms with E-state index in [1.165, 1.54) is 24.6 Å². The van der Waals surface area contributed by atoms with Crippen molar-refractivity contribution >= 4 is 30.2 Å². The van der Waals surface area contributed by atoms with Gasteiger partial charge in [0.05, 0.1) is 5.39 Å². The number of aromatic nitrogens is 3. The summed E-state index contributed by atoms with van der Waals surface area (Å²) in [7, 11) is 2.06. The Morgan fingerprint density at radius 3 is 2.93 bits per heavy atom. The van der Waals surface area contributed by atoms with Crippen LogP contribution in [-0.2, 0) is 0 Å². The molecule has 14 heavy (non-hydrogen) atoms. The van der Waals surface area contributed by atoms with Gasteiger partial charge in [-0.25, -0.2) is 9.97 Å². The Morgan fingerprint density at radius 1 is 1.43 bits per heavy atom. The summed E-state index contributed by atoms with van der Waals surface area (Å²) < 4.78 is 2.22. The zero-order chi connectivity index (χ0) is 9.71. The Balaban J connectivity index is 2.37. The second kappa shape index (κ2) is 2.50. The largest absolute Gasteiger partial charge is 0.383 e. The molecule has 3 rings (SSSR count). The topological polar surface area (TPSA) is 56.7 Å². The molecule has 0 bridgehead atoms. The van der Waals surface area contributed by atoms with Crippen molar-refractivity contribution < 1.29 is 0 Å². The van der Waals surface area contributed by atoms with E-state index in [4.69, 9.17) is 5.73 Å². The summed E-state index contributed by atoms with van der Waals surface area (Å²) in [5.74, 6) is 0.590. The number of nitrogens with two attached hydrogens (primary N) is 1. The first-order valence-corrected chi connectivity index (χ1v) is 4.85. The smallest absolute Gasteiger partial charge is 0.145 e. The van der Waals surface area contributed by atoms with E-state index in [0.29, 0.717) is 11.9 Å². The summed E-state index contributed by atoms with van der Waals surface area (Å²) in [5.41, 5.74) is 7.98. The van der Waals surface area contributed by atoms with Crippen LogP contribution in [0.1, 0.15) is 18.9 Å². The quantitative estimate of drug-likeness (QED) is 0.617. The van der Waals surface area contributed by atoms with E-state index in [-0.39, 0.29) is 0 Å². The summed E-state index contributed by atoms with van der Waals surface area (Å²) in [6.07, 6.45) is 6.18. The molecular weight excluding hydrogens is 175 g/mol. The van der Waals surface area contributed by atoms with Crippen molar-refractivity contribution in [3.8, 4) is 0 Å². The standard InChI is InChI=1S/C9H11BN4/c10-6-3-14(5-1-2-5)9-7(6)8(11)12-4-13-9/h3-5H,1-2,10H2,(H2,11,12,13). The number of fused-ring (bicyclic) bond motifs is 1. The lowest BCUT2D eigenvalue weighted by Gasteiger charge is -2.00. The highest BCUT2D eigenvalue weighted by Crippen LogP contribution is 2.36. The number of hydrogen-bond donors (Lipinski definition) is 1. The van der Waals surface area contributed by atoms with Gasteiger partial charge >= 0.3 is 0 Å². The molecule has 0 unspecified atom stereocenters. The van der Waals surface area contributed by atoms with Crippen molar-refractivity contribution in [1.29, 1.82) is 0 Å². The number of anilines is 1. The maximum Gasteiger partial charge on any atom is 0.145 e. The summed E-state index contributed by atoms with van der Waals surface area (Å²) in [5, 5.41) is 1.01. The van der Waals surface area contributed by atoms with E-state index < -0.39 is 0 Å². The normalized spacial score (nSPS) is 16.3. The molecule has 1 aliphatic carbocycles.